The van der Waals surface area contributed by atoms with Crippen LogP contribution in [0.2, 0.25) is 5.02 Å². The maximum Gasteiger partial charge on any atom is 0.308 e. The summed E-state index contributed by atoms with van der Waals surface area (Å²) in [6.45, 7) is 4.12. The van der Waals surface area contributed by atoms with Gasteiger partial charge in [-0.05, 0) is 37.1 Å². The number of ether oxygens (including phenoxy) is 1. The van der Waals surface area contributed by atoms with Crippen molar-refractivity contribution >= 4 is 23.5 Å². The molecule has 0 saturated carbocycles. The first-order valence-electron chi connectivity index (χ1n) is 7.17. The van der Waals surface area contributed by atoms with Gasteiger partial charge >= 0.3 is 5.97 Å². The SMILES string of the molecule is Cc1cc(OCCCC(=O)N(C)CC(C)C(=O)O)ccc1Cl. The molecule has 22 heavy (non-hydrogen) atoms. The maximum atomic E-state index is 11.9. The highest BCUT2D eigenvalue weighted by atomic mass is 35.5. The summed E-state index contributed by atoms with van der Waals surface area (Å²) < 4.78 is 5.57. The predicted octanol–water partition coefficient (Wildman–Crippen LogP) is 2.99. The fourth-order valence-corrected chi connectivity index (χ4v) is 2.02. The van der Waals surface area contributed by atoms with E-state index in [9.17, 15) is 9.59 Å². The number of aliphatic carboxylic acids is 1. The van der Waals surface area contributed by atoms with Crippen molar-refractivity contribution in [2.75, 3.05) is 20.2 Å². The molecule has 0 heterocycles. The summed E-state index contributed by atoms with van der Waals surface area (Å²) in [7, 11) is 1.62. The van der Waals surface area contributed by atoms with Crippen molar-refractivity contribution in [3.05, 3.63) is 28.8 Å². The van der Waals surface area contributed by atoms with Gasteiger partial charge in [0.1, 0.15) is 5.75 Å². The third-order valence-electron chi connectivity index (χ3n) is 3.33. The molecule has 1 rings (SSSR count). The minimum Gasteiger partial charge on any atom is -0.494 e. The van der Waals surface area contributed by atoms with Crippen LogP contribution in [0, 0.1) is 12.8 Å². The number of carboxylic acid groups (broad SMARTS) is 1. The minimum absolute atomic E-state index is 0.0796. The Kier molecular flexibility index (Phi) is 7.18. The average Bonchev–Trinajstić information content (AvgIpc) is 2.46. The number of carbonyl (C=O) groups excluding carboxylic acids is 1. The standard InChI is InChI=1S/C16H22ClNO4/c1-11-9-13(6-7-14(11)17)22-8-4-5-15(19)18(3)10-12(2)16(20)21/h6-7,9,12H,4-5,8,10H2,1-3H3,(H,20,21). The molecule has 0 aliphatic rings. The summed E-state index contributed by atoms with van der Waals surface area (Å²) in [6, 6.07) is 5.42. The molecule has 1 N–H and O–H groups in total. The van der Waals surface area contributed by atoms with Crippen molar-refractivity contribution in [3.63, 3.8) is 0 Å². The van der Waals surface area contributed by atoms with Crippen molar-refractivity contribution in [3.8, 4) is 5.75 Å². The first-order chi connectivity index (χ1) is 10.3. The van der Waals surface area contributed by atoms with Crippen LogP contribution < -0.4 is 4.74 Å². The molecule has 1 unspecified atom stereocenters. The number of hydrogen-bond donors (Lipinski definition) is 1. The van der Waals surface area contributed by atoms with Crippen molar-refractivity contribution in [2.45, 2.75) is 26.7 Å². The molecule has 6 heteroatoms. The van der Waals surface area contributed by atoms with Crippen molar-refractivity contribution in [1.29, 1.82) is 0 Å². The zero-order valence-electron chi connectivity index (χ0n) is 13.1. The van der Waals surface area contributed by atoms with Gasteiger partial charge in [-0.2, -0.15) is 0 Å². The van der Waals surface area contributed by atoms with Gasteiger partial charge in [-0.1, -0.05) is 18.5 Å². The van der Waals surface area contributed by atoms with Crippen molar-refractivity contribution in [2.24, 2.45) is 5.92 Å². The quantitative estimate of drug-likeness (QED) is 0.745. The summed E-state index contributed by atoms with van der Waals surface area (Å²) in [5.41, 5.74) is 0.942. The summed E-state index contributed by atoms with van der Waals surface area (Å²) in [6.07, 6.45) is 0.904. The first-order valence-corrected chi connectivity index (χ1v) is 7.54. The van der Waals surface area contributed by atoms with E-state index in [1.807, 2.05) is 13.0 Å². The molecule has 5 nitrogen and oxygen atoms in total. The van der Waals surface area contributed by atoms with Gasteiger partial charge in [0.2, 0.25) is 5.91 Å². The zero-order valence-corrected chi connectivity index (χ0v) is 13.9. The predicted molar refractivity (Wildman–Crippen MR) is 85.4 cm³/mol. The van der Waals surface area contributed by atoms with Gasteiger partial charge in [-0.25, -0.2) is 0 Å². The molecule has 1 aromatic rings. The molecular weight excluding hydrogens is 306 g/mol. The van der Waals surface area contributed by atoms with Crippen LogP contribution in [0.3, 0.4) is 0 Å². The van der Waals surface area contributed by atoms with Crippen LogP contribution >= 0.6 is 11.6 Å². The van der Waals surface area contributed by atoms with Crippen LogP contribution in [-0.2, 0) is 9.59 Å². The minimum atomic E-state index is -0.902. The van der Waals surface area contributed by atoms with Gasteiger partial charge in [0.15, 0.2) is 0 Å². The molecule has 0 aliphatic carbocycles. The zero-order chi connectivity index (χ0) is 16.7. The lowest BCUT2D eigenvalue weighted by molar-refractivity contribution is -0.142. The molecule has 0 spiro atoms. The highest BCUT2D eigenvalue weighted by Crippen LogP contribution is 2.21. The lowest BCUT2D eigenvalue weighted by atomic mass is 10.1. The van der Waals surface area contributed by atoms with E-state index in [4.69, 9.17) is 21.4 Å². The van der Waals surface area contributed by atoms with Crippen molar-refractivity contribution < 1.29 is 19.4 Å². The second-order valence-corrected chi connectivity index (χ2v) is 5.78. The Labute approximate surface area is 135 Å². The summed E-state index contributed by atoms with van der Waals surface area (Å²) in [5.74, 6) is -0.825. The van der Waals surface area contributed by atoms with Crippen LogP contribution in [0.4, 0.5) is 0 Å². The van der Waals surface area contributed by atoms with Gasteiger partial charge in [0.05, 0.1) is 12.5 Å². The molecule has 0 bridgehead atoms. The third-order valence-corrected chi connectivity index (χ3v) is 3.75. The molecule has 0 saturated heterocycles. The van der Waals surface area contributed by atoms with Gasteiger partial charge < -0.3 is 14.7 Å². The molecule has 1 amide bonds. The summed E-state index contributed by atoms with van der Waals surface area (Å²) in [5, 5.41) is 9.52. The molecule has 0 aromatic heterocycles. The lowest BCUT2D eigenvalue weighted by Gasteiger charge is -2.19. The monoisotopic (exact) mass is 327 g/mol. The fraction of sp³-hybridized carbons (Fsp3) is 0.500. The third kappa shape index (κ3) is 5.93. The van der Waals surface area contributed by atoms with E-state index in [1.54, 1.807) is 26.1 Å². The average molecular weight is 328 g/mol. The topological polar surface area (TPSA) is 66.8 Å². The highest BCUT2D eigenvalue weighted by Gasteiger charge is 2.16. The maximum absolute atomic E-state index is 11.9. The Morgan fingerprint density at radius 2 is 2.09 bits per heavy atom. The number of rotatable bonds is 8. The summed E-state index contributed by atoms with van der Waals surface area (Å²) >= 11 is 5.93. The van der Waals surface area contributed by atoms with Crippen LogP contribution in [0.15, 0.2) is 18.2 Å². The van der Waals surface area contributed by atoms with E-state index in [2.05, 4.69) is 0 Å². The normalized spacial score (nSPS) is 11.8. The van der Waals surface area contributed by atoms with E-state index >= 15 is 0 Å². The highest BCUT2D eigenvalue weighted by molar-refractivity contribution is 6.31. The number of carboxylic acids is 1. The molecule has 122 valence electrons. The van der Waals surface area contributed by atoms with Crippen LogP contribution in [-0.4, -0.2) is 42.1 Å². The van der Waals surface area contributed by atoms with Gasteiger partial charge in [0.25, 0.3) is 0 Å². The number of aryl methyl sites for hydroxylation is 1. The summed E-state index contributed by atoms with van der Waals surface area (Å²) in [4.78, 5) is 24.1. The Balaban J connectivity index is 2.30. The Bertz CT molecular complexity index is 533. The second-order valence-electron chi connectivity index (χ2n) is 5.38. The number of nitrogens with zero attached hydrogens (tertiary/aromatic N) is 1. The van der Waals surface area contributed by atoms with E-state index in [-0.39, 0.29) is 12.5 Å². The number of hydrogen-bond acceptors (Lipinski definition) is 3. The van der Waals surface area contributed by atoms with Gasteiger partial charge in [-0.15, -0.1) is 0 Å². The van der Waals surface area contributed by atoms with Gasteiger partial charge in [-0.3, -0.25) is 9.59 Å². The molecule has 1 aromatic carbocycles. The van der Waals surface area contributed by atoms with Crippen LogP contribution in [0.5, 0.6) is 5.75 Å². The lowest BCUT2D eigenvalue weighted by Crippen LogP contribution is -2.33. The van der Waals surface area contributed by atoms with Gasteiger partial charge in [0, 0.05) is 25.0 Å². The Morgan fingerprint density at radius 1 is 1.41 bits per heavy atom. The second kappa shape index (κ2) is 8.63. The smallest absolute Gasteiger partial charge is 0.308 e. The molecule has 0 fully saturated rings. The molecule has 0 radical (unpaired) electrons. The molecular formula is C16H22ClNO4. The van der Waals surface area contributed by atoms with Crippen LogP contribution in [0.25, 0.3) is 0 Å². The van der Waals surface area contributed by atoms with E-state index in [0.29, 0.717) is 24.5 Å². The number of halogens is 1. The first kappa shape index (κ1) is 18.3. The Morgan fingerprint density at radius 3 is 2.68 bits per heavy atom. The van der Waals surface area contributed by atoms with E-state index < -0.39 is 11.9 Å². The number of amides is 1. The number of carbonyl (C=O) groups is 2. The fourth-order valence-electron chi connectivity index (χ4n) is 1.90. The van der Waals surface area contributed by atoms with Crippen molar-refractivity contribution in [1.82, 2.24) is 4.90 Å². The Hall–Kier alpha value is -1.75. The van der Waals surface area contributed by atoms with Crippen LogP contribution in [0.1, 0.15) is 25.3 Å². The molecule has 1 atom stereocenters. The molecule has 0 aliphatic heterocycles. The largest absolute Gasteiger partial charge is 0.494 e. The van der Waals surface area contributed by atoms with E-state index in [1.165, 1.54) is 4.90 Å². The van der Waals surface area contributed by atoms with E-state index in [0.717, 1.165) is 11.3 Å². The number of benzene rings is 1.